The summed E-state index contributed by atoms with van der Waals surface area (Å²) in [4.78, 5) is 53.6. The number of thiazole rings is 1. The summed E-state index contributed by atoms with van der Waals surface area (Å²) in [5, 5.41) is 27.5. The number of nitrogens with zero attached hydrogens (tertiary/aromatic N) is 2. The fourth-order valence-corrected chi connectivity index (χ4v) is 5.88. The van der Waals surface area contributed by atoms with Crippen molar-refractivity contribution in [1.29, 1.82) is 0 Å². The first-order valence-electron chi connectivity index (χ1n) is 12.7. The molecule has 1 aromatic heterocycles. The number of thioether (sulfide) groups is 1. The van der Waals surface area contributed by atoms with Gasteiger partial charge in [0.1, 0.15) is 5.25 Å². The number of non-ortho nitro benzene ring substituents is 1. The fourth-order valence-electron chi connectivity index (χ4n) is 4.13. The van der Waals surface area contributed by atoms with E-state index in [-0.39, 0.29) is 22.7 Å². The van der Waals surface area contributed by atoms with Crippen LogP contribution in [0.3, 0.4) is 0 Å². The number of amides is 2. The predicted octanol–water partition coefficient (Wildman–Crippen LogP) is 7.14. The van der Waals surface area contributed by atoms with Gasteiger partial charge in [-0.15, -0.1) is 23.1 Å². The summed E-state index contributed by atoms with van der Waals surface area (Å²) in [6.45, 7) is 0. The van der Waals surface area contributed by atoms with Gasteiger partial charge in [0.15, 0.2) is 5.13 Å². The molecular formula is C31H22N4O6S2. The second kappa shape index (κ2) is 13.1. The number of nitrogens with one attached hydrogen (secondary N) is 2. The van der Waals surface area contributed by atoms with Crippen molar-refractivity contribution in [1.82, 2.24) is 4.98 Å². The summed E-state index contributed by atoms with van der Waals surface area (Å²) in [6, 6.07) is 28.2. The third-order valence-corrected chi connectivity index (χ3v) is 8.22. The summed E-state index contributed by atoms with van der Waals surface area (Å²) in [5.74, 6) is -2.05. The Balaban J connectivity index is 1.30. The van der Waals surface area contributed by atoms with Crippen LogP contribution < -0.4 is 10.6 Å². The third-order valence-electron chi connectivity index (χ3n) is 6.20. The van der Waals surface area contributed by atoms with Crippen molar-refractivity contribution in [3.05, 3.63) is 135 Å². The van der Waals surface area contributed by atoms with Gasteiger partial charge in [-0.05, 0) is 42.0 Å². The summed E-state index contributed by atoms with van der Waals surface area (Å²) >= 11 is 2.52. The van der Waals surface area contributed by atoms with Crippen molar-refractivity contribution in [3.63, 3.8) is 0 Å². The topological polar surface area (TPSA) is 152 Å². The van der Waals surface area contributed by atoms with Gasteiger partial charge >= 0.3 is 5.97 Å². The van der Waals surface area contributed by atoms with Crippen molar-refractivity contribution in [2.45, 2.75) is 10.1 Å². The number of nitro groups is 1. The average Bonchev–Trinajstić information content (AvgIpc) is 3.49. The van der Waals surface area contributed by atoms with Crippen LogP contribution in [0, 0.1) is 10.1 Å². The first-order chi connectivity index (χ1) is 20.8. The van der Waals surface area contributed by atoms with Crippen LogP contribution in [-0.2, 0) is 4.79 Å². The minimum Gasteiger partial charge on any atom is -0.478 e. The van der Waals surface area contributed by atoms with E-state index in [4.69, 9.17) is 0 Å². The van der Waals surface area contributed by atoms with Gasteiger partial charge in [-0.3, -0.25) is 19.7 Å². The number of nitro benzene ring substituents is 1. The van der Waals surface area contributed by atoms with Crippen LogP contribution in [0.4, 0.5) is 16.5 Å². The molecule has 4 aromatic carbocycles. The number of benzene rings is 4. The number of carboxylic acid groups (broad SMARTS) is 1. The zero-order valence-corrected chi connectivity index (χ0v) is 23.8. The highest BCUT2D eigenvalue weighted by molar-refractivity contribution is 8.00. The number of hydrogen-bond donors (Lipinski definition) is 3. The van der Waals surface area contributed by atoms with E-state index in [1.165, 1.54) is 47.4 Å². The molecule has 0 saturated heterocycles. The molecule has 0 aliphatic heterocycles. The van der Waals surface area contributed by atoms with E-state index in [0.717, 1.165) is 10.5 Å². The number of carbonyl (C=O) groups is 3. The molecule has 0 aliphatic rings. The number of hydrogen-bond acceptors (Lipinski definition) is 8. The lowest BCUT2D eigenvalue weighted by molar-refractivity contribution is -0.384. The molecule has 10 nitrogen and oxygen atoms in total. The van der Waals surface area contributed by atoms with E-state index in [1.807, 2.05) is 30.3 Å². The van der Waals surface area contributed by atoms with Crippen LogP contribution in [0.15, 0.2) is 113 Å². The number of aromatic nitrogens is 1. The summed E-state index contributed by atoms with van der Waals surface area (Å²) in [5.41, 5.74) is 2.21. The Bertz CT molecular complexity index is 1810. The fraction of sp³-hybridized carbons (Fsp3) is 0.0323. The van der Waals surface area contributed by atoms with E-state index < -0.39 is 22.0 Å². The van der Waals surface area contributed by atoms with Crippen molar-refractivity contribution in [2.24, 2.45) is 0 Å². The Morgan fingerprint density at radius 3 is 2.26 bits per heavy atom. The smallest absolute Gasteiger partial charge is 0.336 e. The molecule has 3 N–H and O–H groups in total. The van der Waals surface area contributed by atoms with Gasteiger partial charge in [0.05, 0.1) is 21.7 Å². The Morgan fingerprint density at radius 1 is 0.860 bits per heavy atom. The van der Waals surface area contributed by atoms with Crippen LogP contribution in [0.5, 0.6) is 0 Å². The maximum atomic E-state index is 13.5. The van der Waals surface area contributed by atoms with Crippen LogP contribution in [0.2, 0.25) is 0 Å². The zero-order chi connectivity index (χ0) is 30.3. The lowest BCUT2D eigenvalue weighted by atomic mass is 10.1. The standard InChI is InChI=1S/C31H22N4O6S2/c36-28(24-11-4-5-12-25(24)30(38)39)32-21-13-15-23(16-14-21)43-27(19-7-2-1-3-8-19)29(37)34-31-33-26(18-42-31)20-9-6-10-22(17-20)35(40)41/h1-18,27H,(H,32,36)(H,38,39)(H,33,34,37). The van der Waals surface area contributed by atoms with Crippen LogP contribution in [-0.4, -0.2) is 32.8 Å². The molecule has 43 heavy (non-hydrogen) atoms. The predicted molar refractivity (Wildman–Crippen MR) is 166 cm³/mol. The molecule has 1 heterocycles. The molecule has 12 heteroatoms. The second-order valence-corrected chi connectivity index (χ2v) is 11.1. The van der Waals surface area contributed by atoms with Crippen molar-refractivity contribution < 1.29 is 24.4 Å². The van der Waals surface area contributed by atoms with Gasteiger partial charge in [0, 0.05) is 33.7 Å². The van der Waals surface area contributed by atoms with Gasteiger partial charge in [0.25, 0.3) is 11.6 Å². The molecule has 2 amide bonds. The van der Waals surface area contributed by atoms with Crippen LogP contribution in [0.25, 0.3) is 11.3 Å². The highest BCUT2D eigenvalue weighted by atomic mass is 32.2. The SMILES string of the molecule is O=C(O)c1ccccc1C(=O)Nc1ccc(SC(C(=O)Nc2nc(-c3cccc([N+](=O)[O-])c3)cs2)c2ccccc2)cc1. The van der Waals surface area contributed by atoms with E-state index >= 15 is 0 Å². The van der Waals surface area contributed by atoms with Gasteiger partial charge in [0.2, 0.25) is 5.91 Å². The molecule has 0 fully saturated rings. The lowest BCUT2D eigenvalue weighted by Crippen LogP contribution is -2.19. The lowest BCUT2D eigenvalue weighted by Gasteiger charge is -2.16. The summed E-state index contributed by atoms with van der Waals surface area (Å²) in [7, 11) is 0. The summed E-state index contributed by atoms with van der Waals surface area (Å²) < 4.78 is 0. The highest BCUT2D eigenvalue weighted by Crippen LogP contribution is 2.37. The summed E-state index contributed by atoms with van der Waals surface area (Å²) in [6.07, 6.45) is 0. The first kappa shape index (κ1) is 29.2. The molecule has 1 atom stereocenters. The van der Waals surface area contributed by atoms with Gasteiger partial charge < -0.3 is 15.7 Å². The van der Waals surface area contributed by atoms with Crippen molar-refractivity contribution >= 4 is 57.4 Å². The van der Waals surface area contributed by atoms with Gasteiger partial charge in [-0.25, -0.2) is 9.78 Å². The Labute approximate surface area is 253 Å². The number of aromatic carboxylic acids is 1. The maximum absolute atomic E-state index is 13.5. The Hall–Kier alpha value is -5.33. The molecule has 5 aromatic rings. The second-order valence-electron chi connectivity index (χ2n) is 9.07. The van der Waals surface area contributed by atoms with E-state index in [2.05, 4.69) is 15.6 Å². The van der Waals surface area contributed by atoms with Gasteiger partial charge in [-0.1, -0.05) is 54.6 Å². The van der Waals surface area contributed by atoms with E-state index in [0.29, 0.717) is 22.1 Å². The quantitative estimate of drug-likeness (QED) is 0.0857. The molecule has 0 radical (unpaired) electrons. The van der Waals surface area contributed by atoms with Crippen LogP contribution in [0.1, 0.15) is 31.5 Å². The molecule has 0 bridgehead atoms. The largest absolute Gasteiger partial charge is 0.478 e. The van der Waals surface area contributed by atoms with Crippen molar-refractivity contribution in [3.8, 4) is 11.3 Å². The molecule has 214 valence electrons. The number of carboxylic acids is 1. The maximum Gasteiger partial charge on any atom is 0.336 e. The monoisotopic (exact) mass is 610 g/mol. The minimum atomic E-state index is -1.19. The molecular weight excluding hydrogens is 588 g/mol. The van der Waals surface area contributed by atoms with Gasteiger partial charge in [-0.2, -0.15) is 0 Å². The number of rotatable bonds is 10. The highest BCUT2D eigenvalue weighted by Gasteiger charge is 2.24. The molecule has 0 spiro atoms. The molecule has 5 rings (SSSR count). The Morgan fingerprint density at radius 2 is 1.56 bits per heavy atom. The molecule has 0 aliphatic carbocycles. The first-order valence-corrected chi connectivity index (χ1v) is 14.5. The third kappa shape index (κ3) is 7.12. The van der Waals surface area contributed by atoms with Crippen LogP contribution >= 0.6 is 23.1 Å². The number of carbonyl (C=O) groups excluding carboxylic acids is 2. The van der Waals surface area contributed by atoms with Crippen molar-refractivity contribution in [2.75, 3.05) is 10.6 Å². The normalized spacial score (nSPS) is 11.3. The van der Waals surface area contributed by atoms with E-state index in [9.17, 15) is 29.6 Å². The number of anilines is 2. The Kier molecular flexibility index (Phi) is 8.89. The molecule has 0 saturated carbocycles. The van der Waals surface area contributed by atoms with E-state index in [1.54, 1.807) is 53.9 Å². The average molecular weight is 611 g/mol. The minimum absolute atomic E-state index is 0.0464. The molecule has 1 unspecified atom stereocenters. The zero-order valence-electron chi connectivity index (χ0n) is 22.2.